The fraction of sp³-hybridized carbons (Fsp3) is 0.538. The molecule has 0 unspecified atom stereocenters. The van der Waals surface area contributed by atoms with Crippen molar-refractivity contribution in [3.8, 4) is 11.3 Å². The smallest absolute Gasteiger partial charge is 0.407 e. The Bertz CT molecular complexity index is 1110. The van der Waals surface area contributed by atoms with Gasteiger partial charge in [-0.2, -0.15) is 0 Å². The minimum Gasteiger partial charge on any atom is -0.456 e. The second kappa shape index (κ2) is 12.2. The minimum atomic E-state index is -0.651. The van der Waals surface area contributed by atoms with Gasteiger partial charge in [-0.3, -0.25) is 9.59 Å². The van der Waals surface area contributed by atoms with Gasteiger partial charge < -0.3 is 24.7 Å². The molecule has 0 aliphatic carbocycles. The predicted molar refractivity (Wildman–Crippen MR) is 133 cm³/mol. The molecule has 0 bridgehead atoms. The molecule has 0 aliphatic heterocycles. The number of hydrogen-bond acceptors (Lipinski definition) is 6. The number of benzene rings is 1. The molecule has 0 fully saturated rings. The van der Waals surface area contributed by atoms with Crippen molar-refractivity contribution in [1.82, 2.24) is 20.2 Å². The predicted octanol–water partition coefficient (Wildman–Crippen LogP) is 4.75. The number of halogens is 2. The van der Waals surface area contributed by atoms with Crippen LogP contribution in [0.5, 0.6) is 0 Å². The molecule has 0 aliphatic rings. The van der Waals surface area contributed by atoms with E-state index in [2.05, 4.69) is 15.3 Å². The number of imidazole rings is 1. The lowest BCUT2D eigenvalue weighted by molar-refractivity contribution is -0.152. The monoisotopic (exact) mass is 522 g/mol. The fourth-order valence-corrected chi connectivity index (χ4v) is 3.73. The van der Waals surface area contributed by atoms with E-state index < -0.39 is 53.3 Å². The van der Waals surface area contributed by atoms with Gasteiger partial charge in [0.05, 0.1) is 11.7 Å². The molecule has 1 heterocycles. The van der Waals surface area contributed by atoms with Crippen molar-refractivity contribution in [2.45, 2.75) is 66.5 Å². The number of alkyl carbamates (subject to hydrolysis) is 1. The van der Waals surface area contributed by atoms with Crippen molar-refractivity contribution >= 4 is 18.0 Å². The number of aromatic nitrogens is 2. The van der Waals surface area contributed by atoms with Gasteiger partial charge in [0, 0.05) is 31.8 Å². The Labute approximate surface area is 215 Å². The van der Waals surface area contributed by atoms with Crippen LogP contribution < -0.4 is 5.32 Å². The molecule has 37 heavy (non-hydrogen) atoms. The van der Waals surface area contributed by atoms with Gasteiger partial charge in [0.2, 0.25) is 0 Å². The highest BCUT2D eigenvalue weighted by Crippen LogP contribution is 2.38. The van der Waals surface area contributed by atoms with E-state index in [1.807, 2.05) is 20.8 Å². The highest BCUT2D eigenvalue weighted by Gasteiger charge is 2.37. The second-order valence-corrected chi connectivity index (χ2v) is 10.7. The molecule has 9 nitrogen and oxygen atoms in total. The van der Waals surface area contributed by atoms with E-state index in [0.29, 0.717) is 12.2 Å². The number of hydrogen-bond donors (Lipinski definition) is 2. The molecule has 204 valence electrons. The summed E-state index contributed by atoms with van der Waals surface area (Å²) in [5.41, 5.74) is -1.05. The van der Waals surface area contributed by atoms with E-state index in [1.54, 1.807) is 20.8 Å². The van der Waals surface area contributed by atoms with Gasteiger partial charge >= 0.3 is 12.1 Å². The molecule has 2 N–H and O–H groups in total. The maximum Gasteiger partial charge on any atom is 0.407 e. The van der Waals surface area contributed by atoms with Crippen LogP contribution in [0.2, 0.25) is 0 Å². The number of aromatic amines is 1. The molecule has 0 radical (unpaired) electrons. The van der Waals surface area contributed by atoms with E-state index in [9.17, 15) is 23.2 Å². The molecule has 1 aromatic carbocycles. The van der Waals surface area contributed by atoms with Crippen LogP contribution >= 0.6 is 0 Å². The molecular formula is C26H36F2N4O5. The van der Waals surface area contributed by atoms with Crippen molar-refractivity contribution in [3.63, 3.8) is 0 Å². The van der Waals surface area contributed by atoms with Gasteiger partial charge in [0.15, 0.2) is 6.61 Å². The third kappa shape index (κ3) is 9.14. The van der Waals surface area contributed by atoms with E-state index >= 15 is 0 Å². The summed E-state index contributed by atoms with van der Waals surface area (Å²) >= 11 is 0. The quantitative estimate of drug-likeness (QED) is 0.363. The first kappa shape index (κ1) is 29.7. The topological polar surface area (TPSA) is 114 Å². The molecule has 2 rings (SSSR count). The number of amides is 2. The summed E-state index contributed by atoms with van der Waals surface area (Å²) in [7, 11) is 0. The third-order valence-corrected chi connectivity index (χ3v) is 5.16. The van der Waals surface area contributed by atoms with Crippen molar-refractivity contribution in [2.75, 3.05) is 19.7 Å². The molecule has 2 aromatic rings. The normalized spacial score (nSPS) is 12.6. The van der Waals surface area contributed by atoms with Crippen LogP contribution in [0.1, 0.15) is 66.8 Å². The maximum absolute atomic E-state index is 14.4. The lowest BCUT2D eigenvalue weighted by Crippen LogP contribution is -2.45. The van der Waals surface area contributed by atoms with Crippen LogP contribution in [0.3, 0.4) is 0 Å². The Balaban J connectivity index is 2.32. The Morgan fingerprint density at radius 2 is 1.81 bits per heavy atom. The first-order valence-corrected chi connectivity index (χ1v) is 12.0. The van der Waals surface area contributed by atoms with E-state index in [-0.39, 0.29) is 24.3 Å². The first-order chi connectivity index (χ1) is 17.1. The van der Waals surface area contributed by atoms with Gasteiger partial charge in [0.25, 0.3) is 5.91 Å². The number of ether oxygens (including phenoxy) is 2. The van der Waals surface area contributed by atoms with E-state index in [4.69, 9.17) is 9.47 Å². The maximum atomic E-state index is 14.4. The second-order valence-electron chi connectivity index (χ2n) is 10.7. The van der Waals surface area contributed by atoms with Crippen molar-refractivity contribution in [1.29, 1.82) is 0 Å². The highest BCUT2D eigenvalue weighted by molar-refractivity contribution is 5.80. The standard InChI is InChI=1S/C26H36F2N4O5/c1-16(33)36-15-21(34)32(12-8-11-29-24(35)37-26(5,6)7)22(25(2,3)4)23-30-14-20(31-23)18-13-17(27)9-10-19(18)28/h9-10,13-14,22H,8,11-12,15H2,1-7H3,(H,29,35)(H,30,31)/t22-/m0/s1. The molecule has 2 amide bonds. The zero-order valence-corrected chi connectivity index (χ0v) is 22.4. The molecular weight excluding hydrogens is 486 g/mol. The number of carbonyl (C=O) groups excluding carboxylic acids is 3. The van der Waals surface area contributed by atoms with Crippen molar-refractivity contribution in [2.24, 2.45) is 5.41 Å². The number of carbonyl (C=O) groups is 3. The van der Waals surface area contributed by atoms with Crippen molar-refractivity contribution in [3.05, 3.63) is 41.9 Å². The van der Waals surface area contributed by atoms with Gasteiger partial charge in [-0.1, -0.05) is 20.8 Å². The molecule has 11 heteroatoms. The van der Waals surface area contributed by atoms with E-state index in [0.717, 1.165) is 18.2 Å². The summed E-state index contributed by atoms with van der Waals surface area (Å²) in [6, 6.07) is 2.44. The lowest BCUT2D eigenvalue weighted by atomic mass is 9.84. The van der Waals surface area contributed by atoms with Crippen LogP contribution in [-0.4, -0.2) is 58.1 Å². The Hall–Kier alpha value is -3.50. The average Bonchev–Trinajstić information content (AvgIpc) is 3.22. The fourth-order valence-electron chi connectivity index (χ4n) is 3.73. The number of esters is 1. The summed E-state index contributed by atoms with van der Waals surface area (Å²) in [5, 5.41) is 2.65. The zero-order chi connectivity index (χ0) is 28.0. The lowest BCUT2D eigenvalue weighted by Gasteiger charge is -2.39. The number of nitrogens with zero attached hydrogens (tertiary/aromatic N) is 2. The molecule has 1 atom stereocenters. The van der Waals surface area contributed by atoms with Crippen LogP contribution in [-0.2, 0) is 19.1 Å². The minimum absolute atomic E-state index is 0.0190. The molecule has 1 aromatic heterocycles. The summed E-state index contributed by atoms with van der Waals surface area (Å²) < 4.78 is 38.3. The Morgan fingerprint density at radius 1 is 1.14 bits per heavy atom. The van der Waals surface area contributed by atoms with Crippen LogP contribution in [0.15, 0.2) is 24.4 Å². The third-order valence-electron chi connectivity index (χ3n) is 5.16. The molecule has 0 saturated heterocycles. The Morgan fingerprint density at radius 3 is 2.41 bits per heavy atom. The van der Waals surface area contributed by atoms with Crippen molar-refractivity contribution < 1.29 is 32.6 Å². The summed E-state index contributed by atoms with van der Waals surface area (Å²) in [4.78, 5) is 45.5. The van der Waals surface area contributed by atoms with Gasteiger partial charge in [0.1, 0.15) is 23.1 Å². The average molecular weight is 523 g/mol. The molecule has 0 saturated carbocycles. The van der Waals surface area contributed by atoms with Gasteiger partial charge in [-0.25, -0.2) is 18.6 Å². The van der Waals surface area contributed by atoms with Crippen LogP contribution in [0.25, 0.3) is 11.3 Å². The van der Waals surface area contributed by atoms with Crippen LogP contribution in [0, 0.1) is 17.0 Å². The van der Waals surface area contributed by atoms with Crippen LogP contribution in [0.4, 0.5) is 13.6 Å². The Kier molecular flexibility index (Phi) is 9.77. The SMILES string of the molecule is CC(=O)OCC(=O)N(CCCNC(=O)OC(C)(C)C)[C@@H](c1nc(-c2cc(F)ccc2F)c[nH]1)C(C)(C)C. The zero-order valence-electron chi connectivity index (χ0n) is 22.4. The number of rotatable bonds is 9. The largest absolute Gasteiger partial charge is 0.456 e. The summed E-state index contributed by atoms with van der Waals surface area (Å²) in [5.74, 6) is -1.97. The number of H-pyrrole nitrogens is 1. The highest BCUT2D eigenvalue weighted by atomic mass is 19.1. The van der Waals surface area contributed by atoms with E-state index in [1.165, 1.54) is 18.0 Å². The van der Waals surface area contributed by atoms with Gasteiger partial charge in [-0.15, -0.1) is 0 Å². The first-order valence-electron chi connectivity index (χ1n) is 12.0. The summed E-state index contributed by atoms with van der Waals surface area (Å²) in [6.07, 6.45) is 1.24. The summed E-state index contributed by atoms with van der Waals surface area (Å²) in [6.45, 7) is 12.1. The van der Waals surface area contributed by atoms with Gasteiger partial charge in [-0.05, 0) is 50.8 Å². The number of nitrogens with one attached hydrogen (secondary N) is 2. The molecule has 0 spiro atoms.